The second-order valence-corrected chi connectivity index (χ2v) is 3.17. The SMILES string of the molecule is O=Cc1ccccc1Cn1cccc1. The number of hydrogen-bond acceptors (Lipinski definition) is 1. The zero-order valence-corrected chi connectivity index (χ0v) is 7.76. The average Bonchev–Trinajstić information content (AvgIpc) is 2.71. The van der Waals surface area contributed by atoms with Crippen molar-refractivity contribution in [1.29, 1.82) is 0 Å². The molecule has 0 atom stereocenters. The molecule has 0 fully saturated rings. The van der Waals surface area contributed by atoms with Gasteiger partial charge in [0.15, 0.2) is 0 Å². The lowest BCUT2D eigenvalue weighted by Crippen LogP contribution is -1.99. The van der Waals surface area contributed by atoms with Crippen LogP contribution in [-0.2, 0) is 6.54 Å². The van der Waals surface area contributed by atoms with Crippen molar-refractivity contribution in [2.45, 2.75) is 6.54 Å². The Labute approximate surface area is 82.8 Å². The molecule has 0 unspecified atom stereocenters. The van der Waals surface area contributed by atoms with Crippen molar-refractivity contribution in [3.63, 3.8) is 0 Å². The van der Waals surface area contributed by atoms with Gasteiger partial charge in [-0.25, -0.2) is 0 Å². The van der Waals surface area contributed by atoms with Crippen LogP contribution in [0.3, 0.4) is 0 Å². The van der Waals surface area contributed by atoms with E-state index in [1.54, 1.807) is 0 Å². The summed E-state index contributed by atoms with van der Waals surface area (Å²) < 4.78 is 2.04. The van der Waals surface area contributed by atoms with Crippen LogP contribution in [0.25, 0.3) is 0 Å². The molecular weight excluding hydrogens is 174 g/mol. The van der Waals surface area contributed by atoms with Crippen LogP contribution in [-0.4, -0.2) is 10.9 Å². The molecule has 2 rings (SSSR count). The number of carbonyl (C=O) groups excluding carboxylic acids is 1. The molecule has 0 aliphatic heterocycles. The molecule has 70 valence electrons. The van der Waals surface area contributed by atoms with Crippen LogP contribution in [0.1, 0.15) is 15.9 Å². The van der Waals surface area contributed by atoms with E-state index in [-0.39, 0.29) is 0 Å². The highest BCUT2D eigenvalue weighted by molar-refractivity contribution is 5.77. The van der Waals surface area contributed by atoms with Crippen LogP contribution in [0.2, 0.25) is 0 Å². The molecule has 1 aromatic carbocycles. The van der Waals surface area contributed by atoms with E-state index in [2.05, 4.69) is 0 Å². The predicted molar refractivity (Wildman–Crippen MR) is 55.4 cm³/mol. The maximum Gasteiger partial charge on any atom is 0.150 e. The minimum absolute atomic E-state index is 0.752. The van der Waals surface area contributed by atoms with Crippen molar-refractivity contribution < 1.29 is 4.79 Å². The Balaban J connectivity index is 2.28. The van der Waals surface area contributed by atoms with Crippen molar-refractivity contribution in [1.82, 2.24) is 4.57 Å². The monoisotopic (exact) mass is 185 g/mol. The first-order valence-electron chi connectivity index (χ1n) is 4.54. The standard InChI is InChI=1S/C12H11NO/c14-10-12-6-2-1-5-11(12)9-13-7-3-4-8-13/h1-8,10H,9H2. The molecule has 1 heterocycles. The third-order valence-corrected chi connectivity index (χ3v) is 2.20. The molecule has 0 bridgehead atoms. The van der Waals surface area contributed by atoms with Gasteiger partial charge in [0.05, 0.1) is 0 Å². The van der Waals surface area contributed by atoms with Crippen LogP contribution in [0, 0.1) is 0 Å². The van der Waals surface area contributed by atoms with Gasteiger partial charge in [0.2, 0.25) is 0 Å². The van der Waals surface area contributed by atoms with Gasteiger partial charge >= 0.3 is 0 Å². The minimum atomic E-state index is 0.752. The molecule has 0 amide bonds. The maximum absolute atomic E-state index is 10.7. The fraction of sp³-hybridized carbons (Fsp3) is 0.0833. The predicted octanol–water partition coefficient (Wildman–Crippen LogP) is 2.35. The first-order valence-corrected chi connectivity index (χ1v) is 4.54. The quantitative estimate of drug-likeness (QED) is 0.673. The molecule has 0 radical (unpaired) electrons. The number of hydrogen-bond donors (Lipinski definition) is 0. The van der Waals surface area contributed by atoms with E-state index < -0.39 is 0 Å². The van der Waals surface area contributed by atoms with Crippen LogP contribution >= 0.6 is 0 Å². The number of benzene rings is 1. The molecule has 0 saturated carbocycles. The van der Waals surface area contributed by atoms with E-state index in [9.17, 15) is 4.79 Å². The molecule has 2 nitrogen and oxygen atoms in total. The fourth-order valence-electron chi connectivity index (χ4n) is 1.47. The molecule has 0 aliphatic carbocycles. The Morgan fingerprint density at radius 1 is 1.07 bits per heavy atom. The zero-order chi connectivity index (χ0) is 9.80. The number of rotatable bonds is 3. The lowest BCUT2D eigenvalue weighted by atomic mass is 10.1. The summed E-state index contributed by atoms with van der Waals surface area (Å²) in [6.45, 7) is 0.752. The van der Waals surface area contributed by atoms with Gasteiger partial charge in [-0.15, -0.1) is 0 Å². The topological polar surface area (TPSA) is 22.0 Å². The molecule has 2 heteroatoms. The Morgan fingerprint density at radius 3 is 2.50 bits per heavy atom. The summed E-state index contributed by atoms with van der Waals surface area (Å²) in [5, 5.41) is 0. The molecular formula is C12H11NO. The summed E-state index contributed by atoms with van der Waals surface area (Å²) in [4.78, 5) is 10.7. The van der Waals surface area contributed by atoms with Crippen LogP contribution in [0.5, 0.6) is 0 Å². The summed E-state index contributed by atoms with van der Waals surface area (Å²) in [6.07, 6.45) is 4.88. The lowest BCUT2D eigenvalue weighted by Gasteiger charge is -2.05. The third kappa shape index (κ3) is 1.74. The zero-order valence-electron chi connectivity index (χ0n) is 7.76. The molecule has 0 spiro atoms. The third-order valence-electron chi connectivity index (χ3n) is 2.20. The van der Waals surface area contributed by atoms with Crippen LogP contribution < -0.4 is 0 Å². The second-order valence-electron chi connectivity index (χ2n) is 3.17. The highest BCUT2D eigenvalue weighted by Crippen LogP contribution is 2.08. The van der Waals surface area contributed by atoms with Crippen molar-refractivity contribution in [3.8, 4) is 0 Å². The Bertz CT molecular complexity index is 418. The summed E-state index contributed by atoms with van der Waals surface area (Å²) in [7, 11) is 0. The number of aromatic nitrogens is 1. The maximum atomic E-state index is 10.7. The van der Waals surface area contributed by atoms with Gasteiger partial charge in [0.1, 0.15) is 6.29 Å². The summed E-state index contributed by atoms with van der Waals surface area (Å²) in [5.74, 6) is 0. The molecule has 14 heavy (non-hydrogen) atoms. The first kappa shape index (κ1) is 8.75. The van der Waals surface area contributed by atoms with Gasteiger partial charge in [-0.1, -0.05) is 24.3 Å². The number of carbonyl (C=O) groups is 1. The Kier molecular flexibility index (Phi) is 2.45. The number of aldehydes is 1. The van der Waals surface area contributed by atoms with Gasteiger partial charge in [-0.3, -0.25) is 4.79 Å². The van der Waals surface area contributed by atoms with Crippen molar-refractivity contribution in [3.05, 3.63) is 59.9 Å². The van der Waals surface area contributed by atoms with Crippen molar-refractivity contribution in [2.24, 2.45) is 0 Å². The van der Waals surface area contributed by atoms with Crippen LogP contribution in [0.4, 0.5) is 0 Å². The van der Waals surface area contributed by atoms with Gasteiger partial charge in [0.25, 0.3) is 0 Å². The molecule has 2 aromatic rings. The van der Waals surface area contributed by atoms with E-state index in [0.717, 1.165) is 24.0 Å². The average molecular weight is 185 g/mol. The first-order chi connectivity index (χ1) is 6.90. The van der Waals surface area contributed by atoms with Gasteiger partial charge in [-0.2, -0.15) is 0 Å². The Hall–Kier alpha value is -1.83. The normalized spacial score (nSPS) is 10.0. The van der Waals surface area contributed by atoms with E-state index >= 15 is 0 Å². The smallest absolute Gasteiger partial charge is 0.150 e. The van der Waals surface area contributed by atoms with Gasteiger partial charge < -0.3 is 4.57 Å². The molecule has 0 saturated heterocycles. The van der Waals surface area contributed by atoms with E-state index in [4.69, 9.17) is 0 Å². The minimum Gasteiger partial charge on any atom is -0.350 e. The van der Waals surface area contributed by atoms with E-state index in [0.29, 0.717) is 0 Å². The highest BCUT2D eigenvalue weighted by Gasteiger charge is 1.99. The second kappa shape index (κ2) is 3.92. The Morgan fingerprint density at radius 2 is 1.79 bits per heavy atom. The number of nitrogens with zero attached hydrogens (tertiary/aromatic N) is 1. The summed E-state index contributed by atoms with van der Waals surface area (Å²) in [5.41, 5.74) is 1.82. The van der Waals surface area contributed by atoms with Gasteiger partial charge in [-0.05, 0) is 17.7 Å². The van der Waals surface area contributed by atoms with E-state index in [1.165, 1.54) is 0 Å². The summed E-state index contributed by atoms with van der Waals surface area (Å²) >= 11 is 0. The molecule has 0 aliphatic rings. The van der Waals surface area contributed by atoms with Crippen molar-refractivity contribution >= 4 is 6.29 Å². The van der Waals surface area contributed by atoms with Crippen LogP contribution in [0.15, 0.2) is 48.8 Å². The van der Waals surface area contributed by atoms with Gasteiger partial charge in [0, 0.05) is 24.5 Å². The molecule has 1 aromatic heterocycles. The largest absolute Gasteiger partial charge is 0.350 e. The lowest BCUT2D eigenvalue weighted by molar-refractivity contribution is 0.112. The molecule has 0 N–H and O–H groups in total. The van der Waals surface area contributed by atoms with E-state index in [1.807, 2.05) is 53.4 Å². The summed E-state index contributed by atoms with van der Waals surface area (Å²) in [6, 6.07) is 11.6. The van der Waals surface area contributed by atoms with Crippen molar-refractivity contribution in [2.75, 3.05) is 0 Å². The highest BCUT2D eigenvalue weighted by atomic mass is 16.1. The fourth-order valence-corrected chi connectivity index (χ4v) is 1.47.